The van der Waals surface area contributed by atoms with Gasteiger partial charge >= 0.3 is 0 Å². The normalized spacial score (nSPS) is 10.5. The zero-order valence-corrected chi connectivity index (χ0v) is 10.2. The Morgan fingerprint density at radius 2 is 2.20 bits per heavy atom. The Morgan fingerprint density at radius 1 is 1.33 bits per heavy atom. The summed E-state index contributed by atoms with van der Waals surface area (Å²) in [6.45, 7) is 4.04. The minimum absolute atomic E-state index is 0.822. The molecule has 0 aliphatic carbocycles. The maximum Gasteiger partial charge on any atom is 0.188 e. The molecule has 0 unspecified atom stereocenters. The smallest absolute Gasteiger partial charge is 0.188 e. The van der Waals surface area contributed by atoms with Crippen LogP contribution >= 0.6 is 23.1 Å². The van der Waals surface area contributed by atoms with Crippen LogP contribution in [-0.4, -0.2) is 15.0 Å². The van der Waals surface area contributed by atoms with Crippen molar-refractivity contribution in [1.29, 1.82) is 0 Å². The first-order valence-electron chi connectivity index (χ1n) is 4.58. The van der Waals surface area contributed by atoms with Gasteiger partial charge in [0.1, 0.15) is 5.01 Å². The Morgan fingerprint density at radius 3 is 2.87 bits per heavy atom. The molecular weight excluding hydrogens is 226 g/mol. The molecule has 0 saturated carbocycles. The van der Waals surface area contributed by atoms with Crippen LogP contribution in [0.5, 0.6) is 0 Å². The number of thioether (sulfide) groups is 1. The minimum Gasteiger partial charge on any atom is -0.249 e. The number of nitrogens with zero attached hydrogens (tertiary/aromatic N) is 3. The summed E-state index contributed by atoms with van der Waals surface area (Å²) < 4.78 is 0. The number of aryl methyl sites for hydroxylation is 2. The molecule has 0 atom stereocenters. The quantitative estimate of drug-likeness (QED) is 0.608. The molecule has 0 bridgehead atoms. The van der Waals surface area contributed by atoms with Gasteiger partial charge in [-0.3, -0.25) is 0 Å². The first-order chi connectivity index (χ1) is 7.24. The Labute approximate surface area is 97.0 Å². The first kappa shape index (κ1) is 10.6. The summed E-state index contributed by atoms with van der Waals surface area (Å²) in [7, 11) is 0. The molecule has 0 spiro atoms. The fraction of sp³-hybridized carbons (Fsp3) is 0.300. The van der Waals surface area contributed by atoms with Crippen molar-refractivity contribution in [2.24, 2.45) is 0 Å². The van der Waals surface area contributed by atoms with Gasteiger partial charge in [-0.25, -0.2) is 15.0 Å². The van der Waals surface area contributed by atoms with Crippen LogP contribution in [0.2, 0.25) is 0 Å². The van der Waals surface area contributed by atoms with Gasteiger partial charge in [0.05, 0.1) is 5.75 Å². The van der Waals surface area contributed by atoms with E-state index in [-0.39, 0.29) is 0 Å². The van der Waals surface area contributed by atoms with Crippen LogP contribution in [0, 0.1) is 13.8 Å². The number of hydrogen-bond donors (Lipinski definition) is 0. The molecular formula is C10H11N3S2. The maximum absolute atomic E-state index is 4.32. The lowest BCUT2D eigenvalue weighted by molar-refractivity contribution is 0.931. The molecule has 78 valence electrons. The third-order valence-electron chi connectivity index (χ3n) is 1.77. The summed E-state index contributed by atoms with van der Waals surface area (Å²) in [5, 5.41) is 1.95. The van der Waals surface area contributed by atoms with Gasteiger partial charge in [0.2, 0.25) is 0 Å². The number of aromatic nitrogens is 3. The Bertz CT molecular complexity index is 453. The van der Waals surface area contributed by atoms with Gasteiger partial charge in [0, 0.05) is 23.0 Å². The van der Waals surface area contributed by atoms with Gasteiger partial charge in [-0.05, 0) is 19.9 Å². The van der Waals surface area contributed by atoms with Crippen LogP contribution in [0.1, 0.15) is 15.6 Å². The van der Waals surface area contributed by atoms with Crippen molar-refractivity contribution >= 4 is 23.1 Å². The molecule has 2 heterocycles. The topological polar surface area (TPSA) is 38.7 Å². The molecule has 5 heteroatoms. The van der Waals surface area contributed by atoms with Gasteiger partial charge < -0.3 is 0 Å². The molecule has 3 nitrogen and oxygen atoms in total. The van der Waals surface area contributed by atoms with Gasteiger partial charge in [0.25, 0.3) is 0 Å². The lowest BCUT2D eigenvalue weighted by Crippen LogP contribution is -1.88. The van der Waals surface area contributed by atoms with Crippen LogP contribution in [0.3, 0.4) is 0 Å². The zero-order valence-electron chi connectivity index (χ0n) is 8.60. The summed E-state index contributed by atoms with van der Waals surface area (Å²) >= 11 is 3.35. The van der Waals surface area contributed by atoms with Gasteiger partial charge in [-0.2, -0.15) is 0 Å². The number of thiazole rings is 1. The van der Waals surface area contributed by atoms with E-state index < -0.39 is 0 Å². The largest absolute Gasteiger partial charge is 0.249 e. The molecule has 0 saturated heterocycles. The van der Waals surface area contributed by atoms with Crippen molar-refractivity contribution < 1.29 is 0 Å². The van der Waals surface area contributed by atoms with E-state index in [4.69, 9.17) is 0 Å². The van der Waals surface area contributed by atoms with E-state index in [1.54, 1.807) is 29.3 Å². The second-order valence-corrected chi connectivity index (χ2v) is 5.40. The molecule has 2 aromatic heterocycles. The zero-order chi connectivity index (χ0) is 10.7. The Hall–Kier alpha value is -0.940. The number of rotatable bonds is 3. The van der Waals surface area contributed by atoms with E-state index in [1.165, 1.54) is 4.88 Å². The van der Waals surface area contributed by atoms with E-state index >= 15 is 0 Å². The summed E-state index contributed by atoms with van der Waals surface area (Å²) in [5.41, 5.74) is 1.00. The van der Waals surface area contributed by atoms with Crippen LogP contribution in [0.25, 0.3) is 0 Å². The Balaban J connectivity index is 1.99. The van der Waals surface area contributed by atoms with Gasteiger partial charge in [-0.1, -0.05) is 11.8 Å². The van der Waals surface area contributed by atoms with Crippen molar-refractivity contribution in [1.82, 2.24) is 15.0 Å². The highest BCUT2D eigenvalue weighted by molar-refractivity contribution is 7.98. The lowest BCUT2D eigenvalue weighted by Gasteiger charge is -1.97. The van der Waals surface area contributed by atoms with Crippen LogP contribution in [-0.2, 0) is 5.75 Å². The fourth-order valence-corrected chi connectivity index (χ4v) is 2.76. The van der Waals surface area contributed by atoms with Crippen LogP contribution in [0.4, 0.5) is 0 Å². The van der Waals surface area contributed by atoms with E-state index in [0.29, 0.717) is 0 Å². The third kappa shape index (κ3) is 3.00. The SMILES string of the molecule is Cc1ccnc(SCc2ncc(C)s2)n1. The first-order valence-corrected chi connectivity index (χ1v) is 6.38. The third-order valence-corrected chi connectivity index (χ3v) is 3.73. The molecule has 0 amide bonds. The predicted molar refractivity (Wildman–Crippen MR) is 63.2 cm³/mol. The highest BCUT2D eigenvalue weighted by Crippen LogP contribution is 2.21. The Kier molecular flexibility index (Phi) is 3.33. The van der Waals surface area contributed by atoms with Gasteiger partial charge in [0.15, 0.2) is 5.16 Å². The van der Waals surface area contributed by atoms with E-state index in [2.05, 4.69) is 21.9 Å². The molecule has 15 heavy (non-hydrogen) atoms. The molecule has 0 aromatic carbocycles. The highest BCUT2D eigenvalue weighted by Gasteiger charge is 2.02. The molecule has 0 N–H and O–H groups in total. The average Bonchev–Trinajstić information content (AvgIpc) is 2.62. The second-order valence-electron chi connectivity index (χ2n) is 3.13. The summed E-state index contributed by atoms with van der Waals surface area (Å²) in [6.07, 6.45) is 3.69. The molecule has 2 rings (SSSR count). The van der Waals surface area contributed by atoms with Crippen LogP contribution in [0.15, 0.2) is 23.6 Å². The molecule has 2 aromatic rings. The lowest BCUT2D eigenvalue weighted by atomic mass is 10.5. The standard InChI is InChI=1S/C10H11N3S2/c1-7-3-4-11-10(13-7)14-6-9-12-5-8(2)15-9/h3-5H,6H2,1-2H3. The fourth-order valence-electron chi connectivity index (χ4n) is 1.09. The average molecular weight is 237 g/mol. The monoisotopic (exact) mass is 237 g/mol. The minimum atomic E-state index is 0.822. The van der Waals surface area contributed by atoms with Crippen molar-refractivity contribution in [2.45, 2.75) is 24.8 Å². The summed E-state index contributed by atoms with van der Waals surface area (Å²) in [4.78, 5) is 14.1. The predicted octanol–water partition coefficient (Wildman–Crippen LogP) is 2.84. The van der Waals surface area contributed by atoms with Crippen molar-refractivity contribution in [3.05, 3.63) is 34.0 Å². The molecule has 0 radical (unpaired) electrons. The van der Waals surface area contributed by atoms with E-state index in [0.717, 1.165) is 21.6 Å². The summed E-state index contributed by atoms with van der Waals surface area (Å²) in [5.74, 6) is 0.849. The number of hydrogen-bond acceptors (Lipinski definition) is 5. The summed E-state index contributed by atoms with van der Waals surface area (Å²) in [6, 6.07) is 1.90. The highest BCUT2D eigenvalue weighted by atomic mass is 32.2. The van der Waals surface area contributed by atoms with Crippen molar-refractivity contribution in [3.63, 3.8) is 0 Å². The molecule has 0 aliphatic heterocycles. The molecule has 0 aliphatic rings. The second kappa shape index (κ2) is 4.72. The van der Waals surface area contributed by atoms with E-state index in [9.17, 15) is 0 Å². The van der Waals surface area contributed by atoms with Crippen LogP contribution < -0.4 is 0 Å². The maximum atomic E-state index is 4.32. The van der Waals surface area contributed by atoms with E-state index in [1.807, 2.05) is 19.2 Å². The molecule has 0 fully saturated rings. The van der Waals surface area contributed by atoms with Crippen molar-refractivity contribution in [3.8, 4) is 0 Å². The van der Waals surface area contributed by atoms with Gasteiger partial charge in [-0.15, -0.1) is 11.3 Å². The van der Waals surface area contributed by atoms with Crippen molar-refractivity contribution in [2.75, 3.05) is 0 Å².